The SMILES string of the molecule is CC(c1ccc(O)cc1)(c1ccc(O)cc1)c1ccc(O)cc1.Oc1ccc2ccccc2c1O. The zero-order chi connectivity index (χ0) is 25.0. The lowest BCUT2D eigenvalue weighted by atomic mass is 9.71. The van der Waals surface area contributed by atoms with Crippen LogP contribution in [-0.4, -0.2) is 25.5 Å². The molecule has 0 unspecified atom stereocenters. The summed E-state index contributed by atoms with van der Waals surface area (Å²) >= 11 is 0. The summed E-state index contributed by atoms with van der Waals surface area (Å²) in [4.78, 5) is 0. The van der Waals surface area contributed by atoms with Crippen LogP contribution in [0.3, 0.4) is 0 Å². The van der Waals surface area contributed by atoms with Gasteiger partial charge in [0.15, 0.2) is 11.5 Å². The van der Waals surface area contributed by atoms with Gasteiger partial charge in [-0.15, -0.1) is 0 Å². The first-order valence-corrected chi connectivity index (χ1v) is 11.1. The molecule has 0 aromatic heterocycles. The lowest BCUT2D eigenvalue weighted by Crippen LogP contribution is -2.25. The molecule has 0 saturated carbocycles. The molecule has 0 bridgehead atoms. The molecule has 35 heavy (non-hydrogen) atoms. The number of rotatable bonds is 3. The largest absolute Gasteiger partial charge is 0.508 e. The van der Waals surface area contributed by atoms with E-state index >= 15 is 0 Å². The average Bonchev–Trinajstić information content (AvgIpc) is 2.88. The van der Waals surface area contributed by atoms with Crippen molar-refractivity contribution in [3.05, 3.63) is 126 Å². The third kappa shape index (κ3) is 4.84. The summed E-state index contributed by atoms with van der Waals surface area (Å²) in [7, 11) is 0. The predicted molar refractivity (Wildman–Crippen MR) is 137 cm³/mol. The number of phenols is 5. The van der Waals surface area contributed by atoms with E-state index in [1.165, 1.54) is 6.07 Å². The Bertz CT molecular complexity index is 1310. The van der Waals surface area contributed by atoms with E-state index in [0.717, 1.165) is 22.1 Å². The van der Waals surface area contributed by atoms with Gasteiger partial charge < -0.3 is 25.5 Å². The molecular formula is C30H26O5. The maximum Gasteiger partial charge on any atom is 0.165 e. The van der Waals surface area contributed by atoms with E-state index in [-0.39, 0.29) is 28.7 Å². The van der Waals surface area contributed by atoms with Crippen molar-refractivity contribution in [3.63, 3.8) is 0 Å². The van der Waals surface area contributed by atoms with Crippen molar-refractivity contribution in [2.45, 2.75) is 12.3 Å². The quantitative estimate of drug-likeness (QED) is 0.156. The summed E-state index contributed by atoms with van der Waals surface area (Å²) in [5, 5.41) is 48.9. The van der Waals surface area contributed by atoms with E-state index in [1.54, 1.807) is 48.5 Å². The molecule has 0 amide bonds. The predicted octanol–water partition coefficient (Wildman–Crippen LogP) is 6.41. The highest BCUT2D eigenvalue weighted by Gasteiger charge is 2.31. The van der Waals surface area contributed by atoms with Crippen LogP contribution in [0.25, 0.3) is 10.8 Å². The van der Waals surface area contributed by atoms with Crippen LogP contribution in [0, 0.1) is 0 Å². The minimum atomic E-state index is -0.477. The van der Waals surface area contributed by atoms with E-state index in [1.807, 2.05) is 54.6 Å². The van der Waals surface area contributed by atoms with E-state index < -0.39 is 5.41 Å². The fourth-order valence-corrected chi connectivity index (χ4v) is 4.13. The Morgan fingerprint density at radius 3 is 1.29 bits per heavy atom. The Morgan fingerprint density at radius 2 is 0.857 bits per heavy atom. The first-order chi connectivity index (χ1) is 16.8. The van der Waals surface area contributed by atoms with Gasteiger partial charge in [-0.05, 0) is 71.5 Å². The Morgan fingerprint density at radius 1 is 0.457 bits per heavy atom. The minimum Gasteiger partial charge on any atom is -0.508 e. The molecule has 0 aliphatic carbocycles. The number of hydrogen-bond acceptors (Lipinski definition) is 5. The molecule has 0 radical (unpaired) electrons. The molecule has 0 aliphatic rings. The number of fused-ring (bicyclic) bond motifs is 1. The third-order valence-electron chi connectivity index (χ3n) is 6.21. The molecule has 0 aliphatic heterocycles. The molecule has 0 spiro atoms. The zero-order valence-corrected chi connectivity index (χ0v) is 19.1. The zero-order valence-electron chi connectivity index (χ0n) is 19.1. The highest BCUT2D eigenvalue weighted by atomic mass is 16.3. The van der Waals surface area contributed by atoms with Gasteiger partial charge in [0.05, 0.1) is 0 Å². The fraction of sp³-hybridized carbons (Fsp3) is 0.0667. The van der Waals surface area contributed by atoms with Crippen molar-refractivity contribution >= 4 is 10.8 Å². The van der Waals surface area contributed by atoms with Crippen molar-refractivity contribution in [1.29, 1.82) is 0 Å². The number of benzene rings is 5. The highest BCUT2D eigenvalue weighted by molar-refractivity contribution is 5.90. The van der Waals surface area contributed by atoms with Crippen LogP contribution in [0.2, 0.25) is 0 Å². The average molecular weight is 467 g/mol. The first-order valence-electron chi connectivity index (χ1n) is 11.1. The van der Waals surface area contributed by atoms with Gasteiger partial charge in [-0.1, -0.05) is 66.7 Å². The van der Waals surface area contributed by atoms with Crippen LogP contribution in [0.4, 0.5) is 0 Å². The van der Waals surface area contributed by atoms with Gasteiger partial charge in [0, 0.05) is 10.8 Å². The summed E-state index contributed by atoms with van der Waals surface area (Å²) in [5.74, 6) is 0.523. The molecule has 0 fully saturated rings. The van der Waals surface area contributed by atoms with Gasteiger partial charge in [-0.2, -0.15) is 0 Å². The maximum atomic E-state index is 9.57. The lowest BCUT2D eigenvalue weighted by molar-refractivity contribution is 0.408. The van der Waals surface area contributed by atoms with Gasteiger partial charge >= 0.3 is 0 Å². The molecule has 0 heterocycles. The Kier molecular flexibility index (Phi) is 6.51. The Hall–Kier alpha value is -4.64. The van der Waals surface area contributed by atoms with Crippen molar-refractivity contribution in [2.75, 3.05) is 0 Å². The second-order valence-electron chi connectivity index (χ2n) is 8.42. The molecule has 176 valence electrons. The summed E-state index contributed by atoms with van der Waals surface area (Å²) in [6.45, 7) is 2.08. The van der Waals surface area contributed by atoms with Gasteiger partial charge in [0.1, 0.15) is 17.2 Å². The standard InChI is InChI=1S/C20H18O3.C10H8O2/c1-20(14-2-8-17(21)9-3-14,15-4-10-18(22)11-5-15)16-6-12-19(23)13-7-16;11-9-6-5-7-3-1-2-4-8(7)10(9)12/h2-13,21-23H,1H3;1-6,11-12H. The molecular weight excluding hydrogens is 440 g/mol. The monoisotopic (exact) mass is 466 g/mol. The Balaban J connectivity index is 0.000000201. The summed E-state index contributed by atoms with van der Waals surface area (Å²) in [6, 6.07) is 31.9. The van der Waals surface area contributed by atoms with Gasteiger partial charge in [0.25, 0.3) is 0 Å². The molecule has 5 rings (SSSR count). The molecule has 5 aromatic carbocycles. The maximum absolute atomic E-state index is 9.57. The van der Waals surface area contributed by atoms with Crippen LogP contribution in [0.15, 0.2) is 109 Å². The van der Waals surface area contributed by atoms with Crippen molar-refractivity contribution in [3.8, 4) is 28.7 Å². The smallest absolute Gasteiger partial charge is 0.165 e. The second-order valence-corrected chi connectivity index (χ2v) is 8.42. The third-order valence-corrected chi connectivity index (χ3v) is 6.21. The second kappa shape index (κ2) is 9.69. The van der Waals surface area contributed by atoms with Crippen LogP contribution < -0.4 is 0 Å². The van der Waals surface area contributed by atoms with Crippen LogP contribution in [0.1, 0.15) is 23.6 Å². The fourth-order valence-electron chi connectivity index (χ4n) is 4.13. The van der Waals surface area contributed by atoms with E-state index in [4.69, 9.17) is 5.11 Å². The summed E-state index contributed by atoms with van der Waals surface area (Å²) in [5.41, 5.74) is 2.54. The molecule has 5 heteroatoms. The van der Waals surface area contributed by atoms with Gasteiger partial charge in [-0.25, -0.2) is 0 Å². The van der Waals surface area contributed by atoms with Crippen molar-refractivity contribution in [1.82, 2.24) is 0 Å². The normalized spacial score (nSPS) is 11.0. The summed E-state index contributed by atoms with van der Waals surface area (Å²) in [6.07, 6.45) is 0. The molecule has 5 nitrogen and oxygen atoms in total. The highest BCUT2D eigenvalue weighted by Crippen LogP contribution is 2.40. The number of phenolic OH excluding ortho intramolecular Hbond substituents is 5. The molecule has 0 atom stereocenters. The number of hydrogen-bond donors (Lipinski definition) is 5. The van der Waals surface area contributed by atoms with Crippen LogP contribution in [-0.2, 0) is 5.41 Å². The summed E-state index contributed by atoms with van der Waals surface area (Å²) < 4.78 is 0. The first kappa shape index (κ1) is 23.5. The molecule has 5 N–H and O–H groups in total. The van der Waals surface area contributed by atoms with Crippen molar-refractivity contribution in [2.24, 2.45) is 0 Å². The van der Waals surface area contributed by atoms with E-state index in [9.17, 15) is 20.4 Å². The molecule has 0 saturated heterocycles. The van der Waals surface area contributed by atoms with Crippen LogP contribution >= 0.6 is 0 Å². The van der Waals surface area contributed by atoms with Gasteiger partial charge in [0.2, 0.25) is 0 Å². The van der Waals surface area contributed by atoms with E-state index in [2.05, 4.69) is 6.92 Å². The van der Waals surface area contributed by atoms with Crippen molar-refractivity contribution < 1.29 is 25.5 Å². The number of aromatic hydroxyl groups is 5. The minimum absolute atomic E-state index is 0.0481. The Labute approximate surface area is 203 Å². The van der Waals surface area contributed by atoms with Crippen LogP contribution in [0.5, 0.6) is 28.7 Å². The van der Waals surface area contributed by atoms with Gasteiger partial charge in [-0.3, -0.25) is 0 Å². The van der Waals surface area contributed by atoms with E-state index in [0.29, 0.717) is 5.39 Å². The molecule has 5 aromatic rings. The topological polar surface area (TPSA) is 101 Å². The lowest BCUT2D eigenvalue weighted by Gasteiger charge is -2.32.